The molecule has 0 radical (unpaired) electrons. The van der Waals surface area contributed by atoms with E-state index in [1.807, 2.05) is 0 Å². The summed E-state index contributed by atoms with van der Waals surface area (Å²) >= 11 is 0. The average molecular weight is 512 g/mol. The van der Waals surface area contributed by atoms with Crippen molar-refractivity contribution in [3.8, 4) is 11.5 Å². The van der Waals surface area contributed by atoms with Crippen LogP contribution in [0, 0.1) is 0 Å². The van der Waals surface area contributed by atoms with Gasteiger partial charge in [0.05, 0.1) is 18.5 Å². The van der Waals surface area contributed by atoms with E-state index < -0.39 is 36.0 Å². The number of carboxylic acid groups (broad SMARTS) is 2. The summed E-state index contributed by atoms with van der Waals surface area (Å²) in [7, 11) is 0. The third-order valence-electron chi connectivity index (χ3n) is 4.42. The molecule has 0 aromatic heterocycles. The predicted molar refractivity (Wildman–Crippen MR) is 113 cm³/mol. The maximum absolute atomic E-state index is 11.8. The monoisotopic (exact) mass is 511 g/mol. The molecular formula is C23H30ClN3O8. The third kappa shape index (κ3) is 11.0. The molecular weight excluding hydrogens is 482 g/mol. The molecule has 0 saturated carbocycles. The van der Waals surface area contributed by atoms with Gasteiger partial charge in [-0.3, -0.25) is 0 Å². The lowest BCUT2D eigenvalue weighted by atomic mass is 10.1. The highest BCUT2D eigenvalue weighted by atomic mass is 35.5. The highest BCUT2D eigenvalue weighted by molar-refractivity contribution is 5.91. The molecule has 2 aromatic carbocycles. The van der Waals surface area contributed by atoms with Gasteiger partial charge in [-0.05, 0) is 44.0 Å². The largest absolute Gasteiger partial charge is 1.00 e. The Bertz CT molecular complexity index is 1000. The van der Waals surface area contributed by atoms with E-state index in [1.54, 1.807) is 25.1 Å². The molecule has 0 aliphatic heterocycles. The Balaban J connectivity index is 0.000000659. The fourth-order valence-corrected chi connectivity index (χ4v) is 2.53. The van der Waals surface area contributed by atoms with Crippen molar-refractivity contribution >= 4 is 23.9 Å². The minimum Gasteiger partial charge on any atom is -1.00 e. The van der Waals surface area contributed by atoms with E-state index >= 15 is 0 Å². The molecule has 0 saturated heterocycles. The van der Waals surface area contributed by atoms with E-state index in [4.69, 9.17) is 9.47 Å². The van der Waals surface area contributed by atoms with Gasteiger partial charge in [0.1, 0.15) is 11.5 Å². The standard InChI is InChI=1S/C13H18N2O4.C10H11NO4.ClH/c14-8-4-3-6-10(15)13(18)19-11-7-2-1-5-9(11)12(16)17;1-6(11)10(14)15-8-5-3-2-4-7(8)9(12)13;/h1-2,5,7,10H,3-4,6,8,14-15H2,(H,16,17);2-6H,11H2,1H3,(H,12,13);1H/t10-;6-;/m01./s1. The van der Waals surface area contributed by atoms with Gasteiger partial charge in [0, 0.05) is 17.5 Å². The summed E-state index contributed by atoms with van der Waals surface area (Å²) in [5, 5.41) is 21.5. The Kier molecular flexibility index (Phi) is 14.6. The molecule has 0 aliphatic carbocycles. The summed E-state index contributed by atoms with van der Waals surface area (Å²) in [6, 6.07) is 10.6. The Morgan fingerprint density at radius 2 is 1.23 bits per heavy atom. The van der Waals surface area contributed by atoms with Crippen LogP contribution in [0.3, 0.4) is 0 Å². The predicted octanol–water partition coefficient (Wildman–Crippen LogP) is -6.43. The zero-order chi connectivity index (χ0) is 25.7. The number of esters is 2. The van der Waals surface area contributed by atoms with Crippen molar-refractivity contribution in [2.24, 2.45) is 0 Å². The number of hydrogen-bond donors (Lipinski definition) is 3. The average Bonchev–Trinajstić information content (AvgIpc) is 2.79. The fourth-order valence-electron chi connectivity index (χ4n) is 2.53. The van der Waals surface area contributed by atoms with E-state index in [0.717, 1.165) is 19.4 Å². The third-order valence-corrected chi connectivity index (χ3v) is 4.42. The van der Waals surface area contributed by atoms with Crippen LogP contribution in [0.1, 0.15) is 46.9 Å². The first kappa shape index (κ1) is 31.5. The van der Waals surface area contributed by atoms with Crippen molar-refractivity contribution in [2.45, 2.75) is 38.3 Å². The normalized spacial score (nSPS) is 11.5. The van der Waals surface area contributed by atoms with Gasteiger partial charge in [-0.25, -0.2) is 9.59 Å². The molecule has 0 fully saturated rings. The lowest BCUT2D eigenvalue weighted by Crippen LogP contribution is -3.00. The minimum absolute atomic E-state index is 0. The summed E-state index contributed by atoms with van der Waals surface area (Å²) < 4.78 is 9.91. The summed E-state index contributed by atoms with van der Waals surface area (Å²) in [5.74, 6) is -3.88. The van der Waals surface area contributed by atoms with E-state index in [2.05, 4.69) is 17.2 Å². The first-order valence-corrected chi connectivity index (χ1v) is 10.6. The number of hydrogen-bond acceptors (Lipinski definition) is 8. The van der Waals surface area contributed by atoms with E-state index in [9.17, 15) is 29.4 Å². The Hall–Kier alpha value is -3.51. The van der Waals surface area contributed by atoms with E-state index in [-0.39, 0.29) is 35.0 Å². The number of aromatic carboxylic acids is 2. The van der Waals surface area contributed by atoms with Gasteiger partial charge < -0.3 is 58.9 Å². The lowest BCUT2D eigenvalue weighted by molar-refractivity contribution is -0.409. The highest BCUT2D eigenvalue weighted by Crippen LogP contribution is 2.18. The molecule has 11 nitrogen and oxygen atoms in total. The number of carbonyl (C=O) groups is 4. The summed E-state index contributed by atoms with van der Waals surface area (Å²) in [6.07, 6.45) is 2.37. The Labute approximate surface area is 208 Å². The number of ether oxygens (including phenoxy) is 2. The Morgan fingerprint density at radius 3 is 1.63 bits per heavy atom. The quantitative estimate of drug-likeness (QED) is 0.158. The number of rotatable bonds is 10. The number of para-hydroxylation sites is 2. The molecule has 192 valence electrons. The molecule has 2 rings (SSSR count). The van der Waals surface area contributed by atoms with E-state index in [0.29, 0.717) is 6.42 Å². The number of carbonyl (C=O) groups excluding carboxylic acids is 4. The van der Waals surface area contributed by atoms with Crippen molar-refractivity contribution in [3.05, 3.63) is 59.7 Å². The van der Waals surface area contributed by atoms with Crippen molar-refractivity contribution < 1.29 is 68.5 Å². The number of benzene rings is 2. The first-order chi connectivity index (χ1) is 16.1. The molecule has 0 bridgehead atoms. The minimum atomic E-state index is -1.38. The van der Waals surface area contributed by atoms with Crippen LogP contribution in [-0.4, -0.2) is 42.5 Å². The zero-order valence-electron chi connectivity index (χ0n) is 19.4. The van der Waals surface area contributed by atoms with Gasteiger partial charge >= 0.3 is 11.9 Å². The maximum atomic E-state index is 11.8. The second-order valence-corrected chi connectivity index (χ2v) is 7.36. The fraction of sp³-hybridized carbons (Fsp3) is 0.304. The molecule has 0 heterocycles. The molecule has 2 atom stereocenters. The Morgan fingerprint density at radius 1 is 0.800 bits per heavy atom. The van der Waals surface area contributed by atoms with Gasteiger partial charge in [0.25, 0.3) is 0 Å². The zero-order valence-corrected chi connectivity index (χ0v) is 20.1. The smallest absolute Gasteiger partial charge is 0.370 e. The van der Waals surface area contributed by atoms with Gasteiger partial charge in [-0.1, -0.05) is 24.3 Å². The molecule has 0 amide bonds. The number of halogens is 1. The first-order valence-electron chi connectivity index (χ1n) is 10.6. The summed E-state index contributed by atoms with van der Waals surface area (Å²) in [5.41, 5.74) is 10.6. The van der Waals surface area contributed by atoms with Gasteiger partial charge in [0.15, 0.2) is 12.1 Å². The van der Waals surface area contributed by atoms with Crippen molar-refractivity contribution in [2.75, 3.05) is 6.54 Å². The van der Waals surface area contributed by atoms with Gasteiger partial charge in [-0.15, -0.1) is 0 Å². The van der Waals surface area contributed by atoms with E-state index in [1.165, 1.54) is 30.3 Å². The SMILES string of the molecule is C[C@@H]([NH3+])C(=O)Oc1ccccc1C(=O)[O-].[Cl-].[NH3+]CCCC[C@H]([NH3+])C(=O)Oc1ccccc1C(=O)[O-]. The molecule has 0 unspecified atom stereocenters. The molecule has 9 N–H and O–H groups in total. The molecule has 0 aliphatic rings. The van der Waals surface area contributed by atoms with Crippen LogP contribution in [0.15, 0.2) is 48.5 Å². The van der Waals surface area contributed by atoms with Crippen LogP contribution in [0.25, 0.3) is 0 Å². The molecule has 0 spiro atoms. The lowest BCUT2D eigenvalue weighted by Gasteiger charge is -2.12. The van der Waals surface area contributed by atoms with Crippen LogP contribution >= 0.6 is 0 Å². The van der Waals surface area contributed by atoms with Crippen molar-refractivity contribution in [1.29, 1.82) is 0 Å². The molecule has 35 heavy (non-hydrogen) atoms. The summed E-state index contributed by atoms with van der Waals surface area (Å²) in [6.45, 7) is 2.37. The maximum Gasteiger partial charge on any atom is 0.370 e. The number of carboxylic acids is 2. The second kappa shape index (κ2) is 16.2. The highest BCUT2D eigenvalue weighted by Gasteiger charge is 2.20. The second-order valence-electron chi connectivity index (χ2n) is 7.36. The topological polar surface area (TPSA) is 216 Å². The molecule has 2 aromatic rings. The summed E-state index contributed by atoms with van der Waals surface area (Å²) in [4.78, 5) is 44.5. The van der Waals surface area contributed by atoms with Crippen LogP contribution in [0.5, 0.6) is 11.5 Å². The van der Waals surface area contributed by atoms with Crippen molar-refractivity contribution in [3.63, 3.8) is 0 Å². The van der Waals surface area contributed by atoms with Gasteiger partial charge in [-0.2, -0.15) is 0 Å². The van der Waals surface area contributed by atoms with Crippen molar-refractivity contribution in [1.82, 2.24) is 0 Å². The van der Waals surface area contributed by atoms with Crippen LogP contribution in [-0.2, 0) is 9.59 Å². The number of unbranched alkanes of at least 4 members (excludes halogenated alkanes) is 1. The van der Waals surface area contributed by atoms with Crippen LogP contribution in [0.4, 0.5) is 0 Å². The van der Waals surface area contributed by atoms with Gasteiger partial charge in [0.2, 0.25) is 0 Å². The number of quaternary nitrogens is 3. The molecule has 12 heteroatoms. The van der Waals surface area contributed by atoms with Crippen LogP contribution < -0.4 is 49.3 Å². The van der Waals surface area contributed by atoms with Crippen LogP contribution in [0.2, 0.25) is 0 Å².